The quantitative estimate of drug-likeness (QED) is 0.299. The molecule has 2 N–H and O–H groups in total. The molecule has 6 heteroatoms. The first-order chi connectivity index (χ1) is 13.1. The molecule has 2 aliphatic carbocycles. The normalized spacial score (nSPS) is 18.5. The Morgan fingerprint density at radius 1 is 1.21 bits per heavy atom. The van der Waals surface area contributed by atoms with E-state index in [1.165, 1.54) is 49.7 Å². The predicted octanol–water partition coefficient (Wildman–Crippen LogP) is 4.42. The molecule has 0 aliphatic heterocycles. The monoisotopic (exact) mass is 501 g/mol. The third kappa shape index (κ3) is 6.79. The van der Waals surface area contributed by atoms with Crippen LogP contribution >= 0.6 is 24.0 Å². The molecule has 5 nitrogen and oxygen atoms in total. The van der Waals surface area contributed by atoms with Crippen LogP contribution in [0.1, 0.15) is 56.1 Å². The van der Waals surface area contributed by atoms with Crippen LogP contribution in [0.5, 0.6) is 5.75 Å². The van der Waals surface area contributed by atoms with Gasteiger partial charge in [-0.15, -0.1) is 24.0 Å². The lowest BCUT2D eigenvalue weighted by Gasteiger charge is -2.20. The molecule has 0 atom stereocenters. The van der Waals surface area contributed by atoms with Crippen molar-refractivity contribution >= 4 is 29.9 Å². The zero-order chi connectivity index (χ0) is 19.1. The van der Waals surface area contributed by atoms with Gasteiger partial charge in [-0.3, -0.25) is 4.99 Å². The largest absolute Gasteiger partial charge is 0.490 e. The maximum absolute atomic E-state index is 6.31. The Labute approximate surface area is 187 Å². The molecule has 2 saturated carbocycles. The van der Waals surface area contributed by atoms with Crippen LogP contribution in [0.15, 0.2) is 23.2 Å². The second kappa shape index (κ2) is 11.2. The minimum Gasteiger partial charge on any atom is -0.490 e. The summed E-state index contributed by atoms with van der Waals surface area (Å²) < 4.78 is 11.6. The molecule has 0 aromatic heterocycles. The highest BCUT2D eigenvalue weighted by Gasteiger charge is 2.41. The molecule has 0 spiro atoms. The van der Waals surface area contributed by atoms with Crippen LogP contribution in [0.3, 0.4) is 0 Å². The van der Waals surface area contributed by atoms with E-state index >= 15 is 0 Å². The molecule has 0 heterocycles. The fourth-order valence-electron chi connectivity index (χ4n) is 3.78. The van der Waals surface area contributed by atoms with E-state index in [1.807, 2.05) is 7.05 Å². The number of hydrogen-bond acceptors (Lipinski definition) is 3. The number of nitrogens with one attached hydrogen (secondary N) is 2. The molecule has 0 radical (unpaired) electrons. The summed E-state index contributed by atoms with van der Waals surface area (Å²) in [4.78, 5) is 4.39. The van der Waals surface area contributed by atoms with Gasteiger partial charge >= 0.3 is 0 Å². The molecule has 2 aliphatic rings. The Morgan fingerprint density at radius 2 is 1.96 bits per heavy atom. The van der Waals surface area contributed by atoms with Crippen LogP contribution < -0.4 is 15.4 Å². The molecule has 0 amide bonds. The molecule has 28 heavy (non-hydrogen) atoms. The number of guanidine groups is 1. The Morgan fingerprint density at radius 3 is 2.61 bits per heavy atom. The zero-order valence-corrected chi connectivity index (χ0v) is 19.9. The van der Waals surface area contributed by atoms with Crippen molar-refractivity contribution in [3.05, 3.63) is 29.3 Å². The minimum absolute atomic E-state index is 0. The van der Waals surface area contributed by atoms with Gasteiger partial charge in [-0.25, -0.2) is 0 Å². The first-order valence-corrected chi connectivity index (χ1v) is 10.3. The van der Waals surface area contributed by atoms with Gasteiger partial charge in [0, 0.05) is 39.4 Å². The summed E-state index contributed by atoms with van der Waals surface area (Å²) in [5.41, 5.74) is 2.83. The summed E-state index contributed by atoms with van der Waals surface area (Å²) >= 11 is 0. The van der Waals surface area contributed by atoms with E-state index in [0.29, 0.717) is 18.1 Å². The van der Waals surface area contributed by atoms with Crippen molar-refractivity contribution in [2.75, 3.05) is 27.3 Å². The second-order valence-corrected chi connectivity index (χ2v) is 8.16. The smallest absolute Gasteiger partial charge is 0.191 e. The Kier molecular flexibility index (Phi) is 9.34. The topological polar surface area (TPSA) is 54.9 Å². The summed E-state index contributed by atoms with van der Waals surface area (Å²) in [5.74, 6) is 1.87. The molecule has 158 valence electrons. The molecular weight excluding hydrogens is 465 g/mol. The number of methoxy groups -OCH3 is 1. The molecule has 3 rings (SSSR count). The summed E-state index contributed by atoms with van der Waals surface area (Å²) in [5, 5.41) is 6.95. The maximum atomic E-state index is 6.31. The number of ether oxygens (including phenoxy) is 2. The predicted molar refractivity (Wildman–Crippen MR) is 126 cm³/mol. The van der Waals surface area contributed by atoms with E-state index < -0.39 is 0 Å². The van der Waals surface area contributed by atoms with E-state index in [0.717, 1.165) is 31.3 Å². The first kappa shape index (κ1) is 23.3. The number of aliphatic imine (C=N–C) groups is 1. The molecule has 0 bridgehead atoms. The van der Waals surface area contributed by atoms with Gasteiger partial charge in [-0.1, -0.05) is 12.1 Å². The van der Waals surface area contributed by atoms with Crippen molar-refractivity contribution < 1.29 is 9.47 Å². The summed E-state index contributed by atoms with van der Waals surface area (Å²) in [6, 6.07) is 6.48. The van der Waals surface area contributed by atoms with Gasteiger partial charge in [0.2, 0.25) is 0 Å². The third-order valence-corrected chi connectivity index (χ3v) is 5.91. The lowest BCUT2D eigenvalue weighted by atomic mass is 10.0. The molecular formula is C22H36IN3O2. The van der Waals surface area contributed by atoms with Crippen LogP contribution in [0, 0.1) is 12.3 Å². The van der Waals surface area contributed by atoms with Gasteiger partial charge in [0.05, 0.1) is 6.10 Å². The van der Waals surface area contributed by atoms with Crippen LogP contribution in [-0.4, -0.2) is 39.4 Å². The zero-order valence-electron chi connectivity index (χ0n) is 17.6. The fourth-order valence-corrected chi connectivity index (χ4v) is 3.78. The van der Waals surface area contributed by atoms with Crippen LogP contribution in [0.4, 0.5) is 0 Å². The highest BCUT2D eigenvalue weighted by molar-refractivity contribution is 14.0. The first-order valence-electron chi connectivity index (χ1n) is 10.3. The van der Waals surface area contributed by atoms with Crippen LogP contribution in [0.25, 0.3) is 0 Å². The molecule has 2 fully saturated rings. The lowest BCUT2D eigenvalue weighted by Crippen LogP contribution is -2.40. The van der Waals surface area contributed by atoms with Crippen molar-refractivity contribution in [1.29, 1.82) is 0 Å². The number of aryl methyl sites for hydroxylation is 1. The Bertz CT molecular complexity index is 641. The van der Waals surface area contributed by atoms with E-state index in [9.17, 15) is 0 Å². The average molecular weight is 501 g/mol. The van der Waals surface area contributed by atoms with E-state index in [4.69, 9.17) is 9.47 Å². The number of hydrogen-bond donors (Lipinski definition) is 2. The number of nitrogens with zero attached hydrogens (tertiary/aromatic N) is 1. The third-order valence-electron chi connectivity index (χ3n) is 5.91. The molecule has 1 aromatic rings. The maximum Gasteiger partial charge on any atom is 0.191 e. The van der Waals surface area contributed by atoms with E-state index in [-0.39, 0.29) is 24.0 Å². The minimum atomic E-state index is 0. The van der Waals surface area contributed by atoms with Gasteiger partial charge in [0.1, 0.15) is 5.75 Å². The molecule has 1 aromatic carbocycles. The van der Waals surface area contributed by atoms with Crippen LogP contribution in [-0.2, 0) is 11.3 Å². The molecule has 0 saturated heterocycles. The highest BCUT2D eigenvalue weighted by atomic mass is 127. The second-order valence-electron chi connectivity index (χ2n) is 8.16. The van der Waals surface area contributed by atoms with E-state index in [2.05, 4.69) is 40.7 Å². The summed E-state index contributed by atoms with van der Waals surface area (Å²) in [6.07, 6.45) is 8.96. The van der Waals surface area contributed by atoms with Gasteiger partial charge in [0.15, 0.2) is 5.96 Å². The van der Waals surface area contributed by atoms with Gasteiger partial charge in [-0.05, 0) is 68.9 Å². The lowest BCUT2D eigenvalue weighted by molar-refractivity contribution is 0.172. The van der Waals surface area contributed by atoms with Gasteiger partial charge in [-0.2, -0.15) is 0 Å². The van der Waals surface area contributed by atoms with Crippen molar-refractivity contribution in [2.24, 2.45) is 10.4 Å². The highest BCUT2D eigenvalue weighted by Crippen LogP contribution is 2.48. The fraction of sp³-hybridized carbons (Fsp3) is 0.682. The van der Waals surface area contributed by atoms with Crippen molar-refractivity contribution in [3.63, 3.8) is 0 Å². The SMILES string of the molecule is CN=C(NCc1ccc(C)cc1OC1CCCC1)NCC1(CCOC)CC1.I. The van der Waals surface area contributed by atoms with Crippen molar-refractivity contribution in [1.82, 2.24) is 10.6 Å². The van der Waals surface area contributed by atoms with Crippen LogP contribution in [0.2, 0.25) is 0 Å². The summed E-state index contributed by atoms with van der Waals surface area (Å²) in [6.45, 7) is 4.62. The molecule has 0 unspecified atom stereocenters. The van der Waals surface area contributed by atoms with Gasteiger partial charge in [0.25, 0.3) is 0 Å². The Hall–Kier alpha value is -1.02. The van der Waals surface area contributed by atoms with Gasteiger partial charge < -0.3 is 20.1 Å². The van der Waals surface area contributed by atoms with Crippen molar-refractivity contribution in [2.45, 2.75) is 64.5 Å². The van der Waals surface area contributed by atoms with Crippen molar-refractivity contribution in [3.8, 4) is 5.75 Å². The average Bonchev–Trinajstić information content (AvgIpc) is 3.26. The number of benzene rings is 1. The Balaban J connectivity index is 0.00000280. The van der Waals surface area contributed by atoms with E-state index in [1.54, 1.807) is 7.11 Å². The number of halogens is 1. The standard InChI is InChI=1S/C22H35N3O2.HI/c1-17-8-9-18(20(14-17)27-19-6-4-5-7-19)15-24-21(23-2)25-16-22(10-11-22)12-13-26-3;/h8-9,14,19H,4-7,10-13,15-16H2,1-3H3,(H2,23,24,25);1H. The summed E-state index contributed by atoms with van der Waals surface area (Å²) in [7, 11) is 3.60. The number of rotatable bonds is 9.